The number of carbonyl (C=O) groups is 1. The lowest BCUT2D eigenvalue weighted by atomic mass is 10.2. The van der Waals surface area contributed by atoms with Crippen molar-refractivity contribution in [2.75, 3.05) is 13.7 Å². The number of nitrogens with zero attached hydrogens (tertiary/aromatic N) is 2. The first kappa shape index (κ1) is 11.1. The van der Waals surface area contributed by atoms with Gasteiger partial charge in [0, 0.05) is 25.5 Å². The van der Waals surface area contributed by atoms with Crippen LogP contribution in [0.2, 0.25) is 0 Å². The summed E-state index contributed by atoms with van der Waals surface area (Å²) in [5.41, 5.74) is 0. The molecule has 1 N–H and O–H groups in total. The quantitative estimate of drug-likeness (QED) is 0.710. The van der Waals surface area contributed by atoms with Crippen molar-refractivity contribution in [2.24, 2.45) is 5.92 Å². The molecule has 1 saturated carbocycles. The van der Waals surface area contributed by atoms with Crippen LogP contribution in [0.1, 0.15) is 12.8 Å². The molecule has 0 bridgehead atoms. The summed E-state index contributed by atoms with van der Waals surface area (Å²) in [5.74, 6) is 0.323. The lowest BCUT2D eigenvalue weighted by Gasteiger charge is -2.15. The Labute approximate surface area is 94.8 Å². The molecule has 1 aliphatic carbocycles. The zero-order valence-electron chi connectivity index (χ0n) is 9.43. The fourth-order valence-electron chi connectivity index (χ4n) is 1.77. The maximum absolute atomic E-state index is 11.5. The summed E-state index contributed by atoms with van der Waals surface area (Å²) in [6.07, 6.45) is 7.67. The third-order valence-electron chi connectivity index (χ3n) is 2.84. The van der Waals surface area contributed by atoms with E-state index in [4.69, 9.17) is 4.74 Å². The van der Waals surface area contributed by atoms with Crippen LogP contribution in [0.15, 0.2) is 18.7 Å². The molecular formula is C11H17N3O2. The summed E-state index contributed by atoms with van der Waals surface area (Å²) < 4.78 is 6.76. The number of aromatic nitrogens is 2. The first-order chi connectivity index (χ1) is 7.81. The molecule has 1 unspecified atom stereocenters. The summed E-state index contributed by atoms with van der Waals surface area (Å²) >= 11 is 0. The Morgan fingerprint density at radius 1 is 1.69 bits per heavy atom. The normalized spacial score (nSPS) is 17.1. The van der Waals surface area contributed by atoms with Gasteiger partial charge in [0.2, 0.25) is 0 Å². The smallest absolute Gasteiger partial charge is 0.323 e. The average Bonchev–Trinajstić information content (AvgIpc) is 3.00. The monoisotopic (exact) mass is 223 g/mol. The molecule has 0 aromatic carbocycles. The highest BCUT2D eigenvalue weighted by Crippen LogP contribution is 2.33. The first-order valence-electron chi connectivity index (χ1n) is 5.58. The van der Waals surface area contributed by atoms with Crippen LogP contribution in [0.4, 0.5) is 0 Å². The molecule has 5 nitrogen and oxygen atoms in total. The molecule has 1 fully saturated rings. The van der Waals surface area contributed by atoms with Gasteiger partial charge in [0.25, 0.3) is 0 Å². The molecule has 0 saturated heterocycles. The molecule has 0 radical (unpaired) electrons. The fraction of sp³-hybridized carbons (Fsp3) is 0.636. The molecule has 5 heteroatoms. The second kappa shape index (κ2) is 5.12. The van der Waals surface area contributed by atoms with Crippen molar-refractivity contribution in [3.05, 3.63) is 18.7 Å². The third kappa shape index (κ3) is 2.82. The molecule has 0 amide bonds. The van der Waals surface area contributed by atoms with Gasteiger partial charge >= 0.3 is 5.97 Å². The van der Waals surface area contributed by atoms with E-state index < -0.39 is 0 Å². The van der Waals surface area contributed by atoms with Crippen LogP contribution in [-0.2, 0) is 16.1 Å². The summed E-state index contributed by atoms with van der Waals surface area (Å²) in [6.45, 7) is 1.58. The van der Waals surface area contributed by atoms with Crippen LogP contribution in [-0.4, -0.2) is 35.2 Å². The van der Waals surface area contributed by atoms with Gasteiger partial charge in [-0.1, -0.05) is 0 Å². The topological polar surface area (TPSA) is 56.1 Å². The molecule has 1 aliphatic rings. The summed E-state index contributed by atoms with van der Waals surface area (Å²) in [4.78, 5) is 15.4. The number of rotatable bonds is 6. The Morgan fingerprint density at radius 3 is 3.06 bits per heavy atom. The fourth-order valence-corrected chi connectivity index (χ4v) is 1.77. The number of ether oxygens (including phenoxy) is 1. The minimum Gasteiger partial charge on any atom is -0.468 e. The van der Waals surface area contributed by atoms with Gasteiger partial charge in [-0.3, -0.25) is 4.79 Å². The van der Waals surface area contributed by atoms with Gasteiger partial charge in [0.05, 0.1) is 13.4 Å². The first-order valence-corrected chi connectivity index (χ1v) is 5.58. The summed E-state index contributed by atoms with van der Waals surface area (Å²) in [7, 11) is 1.44. The highest BCUT2D eigenvalue weighted by molar-refractivity contribution is 5.76. The third-order valence-corrected chi connectivity index (χ3v) is 2.84. The standard InChI is InChI=1S/C11H17N3O2/c1-16-11(15)10(9-2-3-9)13-5-7-14-6-4-12-8-14/h4,6,8-10,13H,2-3,5,7H2,1H3. The SMILES string of the molecule is COC(=O)C(NCCn1ccnc1)C1CC1. The average molecular weight is 223 g/mol. The van der Waals surface area contributed by atoms with Crippen molar-refractivity contribution in [3.63, 3.8) is 0 Å². The van der Waals surface area contributed by atoms with Crippen LogP contribution in [0.5, 0.6) is 0 Å². The molecule has 1 heterocycles. The van der Waals surface area contributed by atoms with E-state index in [9.17, 15) is 4.79 Å². The van der Waals surface area contributed by atoms with E-state index in [0.29, 0.717) is 5.92 Å². The van der Waals surface area contributed by atoms with E-state index in [0.717, 1.165) is 25.9 Å². The van der Waals surface area contributed by atoms with Gasteiger partial charge in [0.1, 0.15) is 6.04 Å². The molecule has 1 atom stereocenters. The number of nitrogens with one attached hydrogen (secondary N) is 1. The number of methoxy groups -OCH3 is 1. The minimum atomic E-state index is -0.145. The van der Waals surface area contributed by atoms with Crippen molar-refractivity contribution in [1.29, 1.82) is 0 Å². The predicted octanol–water partition coefficient (Wildman–Crippen LogP) is 0.424. The van der Waals surface area contributed by atoms with Gasteiger partial charge < -0.3 is 14.6 Å². The number of carbonyl (C=O) groups excluding carboxylic acids is 1. The highest BCUT2D eigenvalue weighted by Gasteiger charge is 2.36. The van der Waals surface area contributed by atoms with Crippen LogP contribution in [0, 0.1) is 5.92 Å². The van der Waals surface area contributed by atoms with E-state index in [1.807, 2.05) is 10.8 Å². The van der Waals surface area contributed by atoms with Crippen molar-refractivity contribution < 1.29 is 9.53 Å². The minimum absolute atomic E-state index is 0.131. The number of esters is 1. The molecule has 0 aliphatic heterocycles. The Kier molecular flexibility index (Phi) is 3.56. The van der Waals surface area contributed by atoms with Gasteiger partial charge in [-0.05, 0) is 18.8 Å². The van der Waals surface area contributed by atoms with Crippen LogP contribution in [0.3, 0.4) is 0 Å². The number of hydrogen-bond acceptors (Lipinski definition) is 4. The van der Waals surface area contributed by atoms with E-state index >= 15 is 0 Å². The zero-order valence-corrected chi connectivity index (χ0v) is 9.43. The van der Waals surface area contributed by atoms with Gasteiger partial charge in [-0.2, -0.15) is 0 Å². The second-order valence-corrected chi connectivity index (χ2v) is 4.09. The van der Waals surface area contributed by atoms with Crippen LogP contribution < -0.4 is 5.32 Å². The largest absolute Gasteiger partial charge is 0.468 e. The highest BCUT2D eigenvalue weighted by atomic mass is 16.5. The molecule has 1 aromatic heterocycles. The van der Waals surface area contributed by atoms with E-state index in [-0.39, 0.29) is 12.0 Å². The van der Waals surface area contributed by atoms with Crippen LogP contribution >= 0.6 is 0 Å². The molecule has 1 aromatic rings. The van der Waals surface area contributed by atoms with Gasteiger partial charge in [-0.15, -0.1) is 0 Å². The Bertz CT molecular complexity index is 333. The Morgan fingerprint density at radius 2 is 2.50 bits per heavy atom. The molecule has 0 spiro atoms. The molecular weight excluding hydrogens is 206 g/mol. The summed E-state index contributed by atoms with van der Waals surface area (Å²) in [6, 6.07) is -0.131. The predicted molar refractivity (Wildman–Crippen MR) is 58.8 cm³/mol. The van der Waals surface area contributed by atoms with E-state index in [1.165, 1.54) is 7.11 Å². The Hall–Kier alpha value is -1.36. The van der Waals surface area contributed by atoms with Crippen molar-refractivity contribution in [1.82, 2.24) is 14.9 Å². The van der Waals surface area contributed by atoms with Crippen LogP contribution in [0.25, 0.3) is 0 Å². The lowest BCUT2D eigenvalue weighted by molar-refractivity contribution is -0.143. The van der Waals surface area contributed by atoms with E-state index in [1.54, 1.807) is 12.5 Å². The lowest BCUT2D eigenvalue weighted by Crippen LogP contribution is -2.40. The molecule has 88 valence electrons. The van der Waals surface area contributed by atoms with Gasteiger partial charge in [-0.25, -0.2) is 4.98 Å². The van der Waals surface area contributed by atoms with Crippen molar-refractivity contribution >= 4 is 5.97 Å². The maximum Gasteiger partial charge on any atom is 0.323 e. The van der Waals surface area contributed by atoms with Crippen molar-refractivity contribution in [2.45, 2.75) is 25.4 Å². The Balaban J connectivity index is 1.76. The van der Waals surface area contributed by atoms with Crippen molar-refractivity contribution in [3.8, 4) is 0 Å². The molecule has 2 rings (SSSR count). The second-order valence-electron chi connectivity index (χ2n) is 4.09. The van der Waals surface area contributed by atoms with Gasteiger partial charge in [0.15, 0.2) is 0 Å². The summed E-state index contributed by atoms with van der Waals surface area (Å²) in [5, 5.41) is 3.25. The van der Waals surface area contributed by atoms with E-state index in [2.05, 4.69) is 10.3 Å². The number of hydrogen-bond donors (Lipinski definition) is 1. The number of imidazole rings is 1. The zero-order chi connectivity index (χ0) is 11.4. The molecule has 16 heavy (non-hydrogen) atoms. The maximum atomic E-state index is 11.5.